The molecular formula is C36H72NO7P. The van der Waals surface area contributed by atoms with Gasteiger partial charge in [-0.15, -0.1) is 0 Å². The molecule has 8 nitrogen and oxygen atoms in total. The number of unbranched alkanes of at least 4 members (excludes halogenated alkanes) is 23. The Labute approximate surface area is 277 Å². The van der Waals surface area contributed by atoms with E-state index in [0.717, 1.165) is 32.1 Å². The van der Waals surface area contributed by atoms with E-state index in [4.69, 9.17) is 24.3 Å². The van der Waals surface area contributed by atoms with Crippen LogP contribution in [0.15, 0.2) is 12.3 Å². The van der Waals surface area contributed by atoms with Crippen LogP contribution in [0.5, 0.6) is 0 Å². The Balaban J connectivity index is 4.03. The SMILES string of the molecule is CCCCCCCCCCCCCCCCCC/C=C/OC[C@@H](COP(=O)(O)OCCN)OC(=O)CCCCCCCCCC. The van der Waals surface area contributed by atoms with Crippen LogP contribution in [0.4, 0.5) is 0 Å². The van der Waals surface area contributed by atoms with Gasteiger partial charge in [0.25, 0.3) is 0 Å². The summed E-state index contributed by atoms with van der Waals surface area (Å²) in [6.45, 7) is 4.22. The van der Waals surface area contributed by atoms with Crippen molar-refractivity contribution in [2.45, 2.75) is 187 Å². The Morgan fingerprint density at radius 3 is 1.58 bits per heavy atom. The number of hydrogen-bond acceptors (Lipinski definition) is 7. The molecule has 0 rings (SSSR count). The van der Waals surface area contributed by atoms with Gasteiger partial charge in [-0.3, -0.25) is 13.8 Å². The van der Waals surface area contributed by atoms with Crippen molar-refractivity contribution in [3.05, 3.63) is 12.3 Å². The molecule has 0 radical (unpaired) electrons. The van der Waals surface area contributed by atoms with E-state index in [1.807, 2.05) is 6.08 Å². The number of carbonyl (C=O) groups is 1. The van der Waals surface area contributed by atoms with Crippen molar-refractivity contribution in [3.63, 3.8) is 0 Å². The number of hydrogen-bond donors (Lipinski definition) is 2. The first kappa shape index (κ1) is 44.1. The minimum absolute atomic E-state index is 0.0372. The van der Waals surface area contributed by atoms with Crippen molar-refractivity contribution in [1.29, 1.82) is 0 Å². The molecule has 0 bridgehead atoms. The second-order valence-electron chi connectivity index (χ2n) is 12.5. The fourth-order valence-electron chi connectivity index (χ4n) is 5.26. The smallest absolute Gasteiger partial charge is 0.472 e. The number of carbonyl (C=O) groups excluding carboxylic acids is 1. The largest absolute Gasteiger partial charge is 0.498 e. The lowest BCUT2D eigenvalue weighted by Crippen LogP contribution is -2.27. The molecule has 45 heavy (non-hydrogen) atoms. The summed E-state index contributed by atoms with van der Waals surface area (Å²) in [5, 5.41) is 0. The van der Waals surface area contributed by atoms with E-state index in [1.165, 1.54) is 128 Å². The number of rotatable bonds is 36. The highest BCUT2D eigenvalue weighted by atomic mass is 31.2. The molecule has 1 unspecified atom stereocenters. The first-order chi connectivity index (χ1) is 21.9. The maximum atomic E-state index is 12.4. The van der Waals surface area contributed by atoms with Gasteiger partial charge in [0.1, 0.15) is 6.61 Å². The number of esters is 1. The number of allylic oxidation sites excluding steroid dienone is 1. The normalized spacial score (nSPS) is 13.7. The van der Waals surface area contributed by atoms with Crippen LogP contribution in [0.25, 0.3) is 0 Å². The van der Waals surface area contributed by atoms with Gasteiger partial charge in [-0.05, 0) is 25.3 Å². The van der Waals surface area contributed by atoms with E-state index in [0.29, 0.717) is 6.42 Å². The Morgan fingerprint density at radius 1 is 0.667 bits per heavy atom. The monoisotopic (exact) mass is 662 g/mol. The van der Waals surface area contributed by atoms with Crippen LogP contribution in [-0.2, 0) is 27.9 Å². The fraction of sp³-hybridized carbons (Fsp3) is 0.917. The van der Waals surface area contributed by atoms with E-state index >= 15 is 0 Å². The molecule has 0 aliphatic carbocycles. The summed E-state index contributed by atoms with van der Waals surface area (Å²) in [5.41, 5.74) is 5.33. The molecule has 0 aliphatic heterocycles. The summed E-state index contributed by atoms with van der Waals surface area (Å²) >= 11 is 0. The molecule has 0 spiro atoms. The van der Waals surface area contributed by atoms with Crippen LogP contribution in [0.3, 0.4) is 0 Å². The van der Waals surface area contributed by atoms with Crippen LogP contribution < -0.4 is 5.73 Å². The molecule has 3 N–H and O–H groups in total. The lowest BCUT2D eigenvalue weighted by Gasteiger charge is -2.19. The molecular weight excluding hydrogens is 589 g/mol. The van der Waals surface area contributed by atoms with Crippen molar-refractivity contribution in [2.75, 3.05) is 26.4 Å². The van der Waals surface area contributed by atoms with Crippen molar-refractivity contribution in [3.8, 4) is 0 Å². The van der Waals surface area contributed by atoms with Gasteiger partial charge in [-0.1, -0.05) is 155 Å². The van der Waals surface area contributed by atoms with Crippen molar-refractivity contribution >= 4 is 13.8 Å². The minimum Gasteiger partial charge on any atom is -0.498 e. The van der Waals surface area contributed by atoms with Gasteiger partial charge in [0.2, 0.25) is 0 Å². The highest BCUT2D eigenvalue weighted by Crippen LogP contribution is 2.43. The standard InChI is InChI=1S/C36H72NO7P/c1-3-5-7-9-11-13-14-15-16-17-18-19-20-21-22-24-26-28-31-41-33-35(34-43-45(39,40)42-32-30-37)44-36(38)29-27-25-23-12-10-8-6-4-2/h28,31,35H,3-27,29-30,32-34,37H2,1-2H3,(H,39,40)/b31-28+/t35-/m0/s1. The highest BCUT2D eigenvalue weighted by molar-refractivity contribution is 7.47. The summed E-state index contributed by atoms with van der Waals surface area (Å²) < 4.78 is 32.9. The number of phosphoric acid groups is 1. The third-order valence-electron chi connectivity index (χ3n) is 8.03. The van der Waals surface area contributed by atoms with Crippen molar-refractivity contribution < 1.29 is 32.8 Å². The average Bonchev–Trinajstić information content (AvgIpc) is 3.02. The molecule has 0 aromatic heterocycles. The maximum absolute atomic E-state index is 12.4. The van der Waals surface area contributed by atoms with Crippen LogP contribution in [0.2, 0.25) is 0 Å². The second-order valence-corrected chi connectivity index (χ2v) is 14.0. The van der Waals surface area contributed by atoms with Crippen LogP contribution in [0, 0.1) is 0 Å². The molecule has 9 heteroatoms. The van der Waals surface area contributed by atoms with E-state index in [-0.39, 0.29) is 32.3 Å². The van der Waals surface area contributed by atoms with Gasteiger partial charge in [-0.25, -0.2) is 4.57 Å². The van der Waals surface area contributed by atoms with E-state index < -0.39 is 13.9 Å². The predicted molar refractivity (Wildman–Crippen MR) is 187 cm³/mol. The lowest BCUT2D eigenvalue weighted by atomic mass is 10.0. The second kappa shape index (κ2) is 34.4. The lowest BCUT2D eigenvalue weighted by molar-refractivity contribution is -0.153. The number of phosphoric ester groups is 1. The average molecular weight is 662 g/mol. The number of ether oxygens (including phenoxy) is 2. The molecule has 0 saturated carbocycles. The molecule has 0 aromatic rings. The summed E-state index contributed by atoms with van der Waals surface area (Å²) in [5.74, 6) is -0.356. The predicted octanol–water partition coefficient (Wildman–Crippen LogP) is 10.7. The Kier molecular flexibility index (Phi) is 33.7. The molecule has 0 aromatic carbocycles. The zero-order chi connectivity index (χ0) is 33.1. The molecule has 268 valence electrons. The van der Waals surface area contributed by atoms with Gasteiger partial charge in [0, 0.05) is 13.0 Å². The van der Waals surface area contributed by atoms with Gasteiger partial charge in [0.15, 0.2) is 6.10 Å². The van der Waals surface area contributed by atoms with Gasteiger partial charge in [-0.2, -0.15) is 0 Å². The zero-order valence-electron chi connectivity index (χ0n) is 29.4. The van der Waals surface area contributed by atoms with Gasteiger partial charge >= 0.3 is 13.8 Å². The first-order valence-electron chi connectivity index (χ1n) is 18.7. The van der Waals surface area contributed by atoms with Crippen LogP contribution >= 0.6 is 7.82 Å². The molecule has 0 amide bonds. The topological polar surface area (TPSA) is 117 Å². The van der Waals surface area contributed by atoms with Crippen LogP contribution in [-0.4, -0.2) is 43.3 Å². The van der Waals surface area contributed by atoms with Crippen molar-refractivity contribution in [1.82, 2.24) is 0 Å². The quantitative estimate of drug-likeness (QED) is 0.0295. The Morgan fingerprint density at radius 2 is 1.11 bits per heavy atom. The zero-order valence-corrected chi connectivity index (χ0v) is 30.3. The molecule has 0 aliphatic rings. The van der Waals surface area contributed by atoms with E-state index in [2.05, 4.69) is 13.8 Å². The van der Waals surface area contributed by atoms with Crippen molar-refractivity contribution in [2.24, 2.45) is 5.73 Å². The van der Waals surface area contributed by atoms with Crippen LogP contribution in [0.1, 0.15) is 181 Å². The highest BCUT2D eigenvalue weighted by Gasteiger charge is 2.25. The first-order valence-corrected chi connectivity index (χ1v) is 20.2. The van der Waals surface area contributed by atoms with E-state index in [1.54, 1.807) is 6.26 Å². The fourth-order valence-corrected chi connectivity index (χ4v) is 6.02. The van der Waals surface area contributed by atoms with E-state index in [9.17, 15) is 14.3 Å². The number of nitrogens with two attached hydrogens (primary N) is 1. The maximum Gasteiger partial charge on any atom is 0.472 e. The molecule has 2 atom stereocenters. The Hall–Kier alpha value is -0.920. The summed E-state index contributed by atoms with van der Waals surface area (Å²) in [6, 6.07) is 0. The molecule has 0 fully saturated rings. The molecule has 0 saturated heterocycles. The Bertz CT molecular complexity index is 707. The summed E-state index contributed by atoms with van der Waals surface area (Å²) in [7, 11) is -4.27. The van der Waals surface area contributed by atoms with Gasteiger partial charge < -0.3 is 20.1 Å². The summed E-state index contributed by atoms with van der Waals surface area (Å²) in [6.07, 6.45) is 34.7. The third kappa shape index (κ3) is 34.2. The minimum atomic E-state index is -4.27. The summed E-state index contributed by atoms with van der Waals surface area (Å²) in [4.78, 5) is 22.2. The molecule has 0 heterocycles. The third-order valence-corrected chi connectivity index (χ3v) is 9.01. The van der Waals surface area contributed by atoms with Gasteiger partial charge in [0.05, 0.1) is 19.5 Å².